The molecular weight excluding hydrogens is 337 g/mol. The van der Waals surface area contributed by atoms with Crippen LogP contribution in [0.15, 0.2) is 42.6 Å². The van der Waals surface area contributed by atoms with Crippen molar-refractivity contribution in [2.75, 3.05) is 11.9 Å². The van der Waals surface area contributed by atoms with E-state index >= 15 is 0 Å². The fraction of sp³-hybridized carbons (Fsp3) is 0.143. The van der Waals surface area contributed by atoms with E-state index in [1.165, 1.54) is 30.5 Å². The molecule has 0 fully saturated rings. The average molecular weight is 347 g/mol. The maximum absolute atomic E-state index is 12.7. The number of carbonyl (C=O) groups excluding carboxylic acids is 1. The molecule has 0 atom stereocenters. The minimum Gasteiger partial charge on any atom is -0.616 e. The summed E-state index contributed by atoms with van der Waals surface area (Å²) in [5, 5.41) is 13.1. The molecule has 0 saturated carbocycles. The van der Waals surface area contributed by atoms with Crippen molar-refractivity contribution < 1.29 is 27.4 Å². The Morgan fingerprint density at radius 1 is 1.30 bits per heavy atom. The normalized spacial score (nSPS) is 11.1. The van der Waals surface area contributed by atoms with Gasteiger partial charge in [-0.1, -0.05) is 11.6 Å². The number of anilines is 1. The topological polar surface area (TPSA) is 65.3 Å². The van der Waals surface area contributed by atoms with Crippen LogP contribution in [0.1, 0.15) is 5.56 Å². The molecular formula is C14H10ClF3N2O3. The Bertz CT molecular complexity index is 723. The first-order valence-corrected chi connectivity index (χ1v) is 6.63. The van der Waals surface area contributed by atoms with E-state index in [-0.39, 0.29) is 11.6 Å². The van der Waals surface area contributed by atoms with E-state index in [9.17, 15) is 23.2 Å². The number of nitrogens with one attached hydrogen (secondary N) is 1. The molecule has 1 N–H and O–H groups in total. The third-order valence-electron chi connectivity index (χ3n) is 2.70. The van der Waals surface area contributed by atoms with Crippen LogP contribution >= 0.6 is 11.6 Å². The largest absolute Gasteiger partial charge is 0.616 e. The van der Waals surface area contributed by atoms with Gasteiger partial charge in [0, 0.05) is 11.8 Å². The summed E-state index contributed by atoms with van der Waals surface area (Å²) in [5.41, 5.74) is -1.14. The highest BCUT2D eigenvalue weighted by molar-refractivity contribution is 6.31. The minimum absolute atomic E-state index is 0.0848. The lowest BCUT2D eigenvalue weighted by Crippen LogP contribution is -2.30. The van der Waals surface area contributed by atoms with Gasteiger partial charge in [0.1, 0.15) is 0 Å². The summed E-state index contributed by atoms with van der Waals surface area (Å²) in [7, 11) is 0. The Kier molecular flexibility index (Phi) is 4.95. The fourth-order valence-electron chi connectivity index (χ4n) is 1.68. The van der Waals surface area contributed by atoms with Gasteiger partial charge >= 0.3 is 12.1 Å². The van der Waals surface area contributed by atoms with E-state index in [2.05, 4.69) is 5.32 Å². The Labute approximate surface area is 133 Å². The molecule has 2 rings (SSSR count). The maximum atomic E-state index is 12.7. The second kappa shape index (κ2) is 6.74. The van der Waals surface area contributed by atoms with E-state index < -0.39 is 29.3 Å². The van der Waals surface area contributed by atoms with Gasteiger partial charge in [-0.15, -0.1) is 4.73 Å². The molecule has 0 aliphatic heterocycles. The van der Waals surface area contributed by atoms with Gasteiger partial charge in [0.15, 0.2) is 12.8 Å². The standard InChI is InChI=1S/C14H10ClF3N2O3/c15-11-5-4-9(7-10(11)14(16,17)18)19-12(21)8-23-13-3-1-2-6-20(13)22/h1-7H,8H2,(H,19,21). The van der Waals surface area contributed by atoms with Crippen molar-refractivity contribution in [3.8, 4) is 5.88 Å². The summed E-state index contributed by atoms with van der Waals surface area (Å²) in [4.78, 5) is 11.7. The molecule has 0 saturated heterocycles. The van der Waals surface area contributed by atoms with Gasteiger partial charge in [0.25, 0.3) is 5.91 Å². The number of pyridine rings is 1. The lowest BCUT2D eigenvalue weighted by Gasteiger charge is -2.12. The second-order valence-electron chi connectivity index (χ2n) is 4.39. The number of rotatable bonds is 4. The predicted octanol–water partition coefficient (Wildman–Crippen LogP) is 3.01. The van der Waals surface area contributed by atoms with Crippen molar-refractivity contribution >= 4 is 23.2 Å². The van der Waals surface area contributed by atoms with Crippen molar-refractivity contribution in [2.45, 2.75) is 6.18 Å². The van der Waals surface area contributed by atoms with Crippen LogP contribution in [-0.4, -0.2) is 12.5 Å². The molecule has 1 aromatic carbocycles. The number of alkyl halides is 3. The van der Waals surface area contributed by atoms with Gasteiger partial charge < -0.3 is 15.3 Å². The van der Waals surface area contributed by atoms with Crippen LogP contribution in [-0.2, 0) is 11.0 Å². The molecule has 0 aliphatic rings. The van der Waals surface area contributed by atoms with E-state index in [0.717, 1.165) is 12.1 Å². The molecule has 0 unspecified atom stereocenters. The molecule has 23 heavy (non-hydrogen) atoms. The van der Waals surface area contributed by atoms with Crippen LogP contribution in [0.2, 0.25) is 5.02 Å². The zero-order valence-corrected chi connectivity index (χ0v) is 12.2. The first kappa shape index (κ1) is 16.9. The molecule has 1 aromatic heterocycles. The number of nitrogens with zero attached hydrogens (tertiary/aromatic N) is 1. The molecule has 1 amide bonds. The monoisotopic (exact) mass is 346 g/mol. The summed E-state index contributed by atoms with van der Waals surface area (Å²) >= 11 is 5.48. The number of halogens is 4. The van der Waals surface area contributed by atoms with Crippen LogP contribution < -0.4 is 14.8 Å². The van der Waals surface area contributed by atoms with Gasteiger partial charge in [-0.2, -0.15) is 13.2 Å². The molecule has 2 aromatic rings. The number of aromatic nitrogens is 1. The molecule has 0 aliphatic carbocycles. The van der Waals surface area contributed by atoms with E-state index in [4.69, 9.17) is 16.3 Å². The van der Waals surface area contributed by atoms with E-state index in [0.29, 0.717) is 4.73 Å². The lowest BCUT2D eigenvalue weighted by atomic mass is 10.2. The van der Waals surface area contributed by atoms with Crippen molar-refractivity contribution in [3.63, 3.8) is 0 Å². The molecule has 9 heteroatoms. The summed E-state index contributed by atoms with van der Waals surface area (Å²) in [5.74, 6) is -0.820. The summed E-state index contributed by atoms with van der Waals surface area (Å²) < 4.78 is 43.6. The lowest BCUT2D eigenvalue weighted by molar-refractivity contribution is -0.612. The minimum atomic E-state index is -4.63. The van der Waals surface area contributed by atoms with Gasteiger partial charge in [-0.25, -0.2) is 0 Å². The van der Waals surface area contributed by atoms with E-state index in [1.807, 2.05) is 0 Å². The highest BCUT2D eigenvalue weighted by Gasteiger charge is 2.33. The van der Waals surface area contributed by atoms with Crippen molar-refractivity contribution in [2.24, 2.45) is 0 Å². The summed E-state index contributed by atoms with van der Waals surface area (Å²) in [6.07, 6.45) is -3.45. The highest BCUT2D eigenvalue weighted by Crippen LogP contribution is 2.36. The Hall–Kier alpha value is -2.48. The van der Waals surface area contributed by atoms with Crippen molar-refractivity contribution in [1.82, 2.24) is 0 Å². The zero-order chi connectivity index (χ0) is 17.0. The fourth-order valence-corrected chi connectivity index (χ4v) is 1.91. The summed E-state index contributed by atoms with van der Waals surface area (Å²) in [6, 6.07) is 7.35. The second-order valence-corrected chi connectivity index (χ2v) is 4.80. The molecule has 0 spiro atoms. The molecule has 122 valence electrons. The maximum Gasteiger partial charge on any atom is 0.417 e. The number of ether oxygens (including phenoxy) is 1. The SMILES string of the molecule is O=C(COc1cccc[n+]1[O-])Nc1ccc(Cl)c(C(F)(F)F)c1. The van der Waals surface area contributed by atoms with Gasteiger partial charge in [-0.05, 0) is 24.3 Å². The van der Waals surface area contributed by atoms with Gasteiger partial charge in [-0.3, -0.25) is 4.79 Å². The van der Waals surface area contributed by atoms with Crippen LogP contribution in [0, 0.1) is 5.21 Å². The van der Waals surface area contributed by atoms with Crippen molar-refractivity contribution in [3.05, 3.63) is 58.4 Å². The Morgan fingerprint density at radius 3 is 2.70 bits per heavy atom. The van der Waals surface area contributed by atoms with Crippen LogP contribution in [0.4, 0.5) is 18.9 Å². The van der Waals surface area contributed by atoms with Crippen LogP contribution in [0.5, 0.6) is 5.88 Å². The highest BCUT2D eigenvalue weighted by atomic mass is 35.5. The quantitative estimate of drug-likeness (QED) is 0.683. The van der Waals surface area contributed by atoms with Crippen LogP contribution in [0.3, 0.4) is 0 Å². The first-order chi connectivity index (χ1) is 10.8. The number of hydrogen-bond acceptors (Lipinski definition) is 3. The number of amides is 1. The number of carbonyl (C=O) groups is 1. The molecule has 5 nitrogen and oxygen atoms in total. The molecule has 0 bridgehead atoms. The van der Waals surface area contributed by atoms with Gasteiger partial charge in [0.2, 0.25) is 0 Å². The summed E-state index contributed by atoms with van der Waals surface area (Å²) in [6.45, 7) is -0.532. The zero-order valence-electron chi connectivity index (χ0n) is 11.4. The first-order valence-electron chi connectivity index (χ1n) is 6.25. The smallest absolute Gasteiger partial charge is 0.417 e. The van der Waals surface area contributed by atoms with Crippen molar-refractivity contribution in [1.29, 1.82) is 0 Å². The van der Waals surface area contributed by atoms with E-state index in [1.54, 1.807) is 0 Å². The van der Waals surface area contributed by atoms with Crippen LogP contribution in [0.25, 0.3) is 0 Å². The predicted molar refractivity (Wildman–Crippen MR) is 76.0 cm³/mol. The van der Waals surface area contributed by atoms with Gasteiger partial charge in [0.05, 0.1) is 16.7 Å². The third-order valence-corrected chi connectivity index (χ3v) is 3.02. The Morgan fingerprint density at radius 2 is 2.04 bits per heavy atom. The molecule has 1 heterocycles. The average Bonchev–Trinajstić information content (AvgIpc) is 2.47. The molecule has 0 radical (unpaired) electrons. The Balaban J connectivity index is 2.02. The third kappa shape index (κ3) is 4.49. The number of hydrogen-bond donors (Lipinski definition) is 1. The number of benzene rings is 1.